The average molecular weight is 401 g/mol. The predicted octanol–water partition coefficient (Wildman–Crippen LogP) is 3.62. The van der Waals surface area contributed by atoms with Crippen LogP contribution in [0.4, 0.5) is 6.01 Å². The van der Waals surface area contributed by atoms with Crippen LogP contribution in [-0.2, 0) is 4.79 Å². The van der Waals surface area contributed by atoms with Crippen LogP contribution in [0.2, 0.25) is 0 Å². The summed E-state index contributed by atoms with van der Waals surface area (Å²) < 4.78 is 5.89. The number of hydrogen-bond acceptors (Lipinski definition) is 6. The smallest absolute Gasteiger partial charge is 0.299 e. The van der Waals surface area contributed by atoms with Gasteiger partial charge in [-0.15, -0.1) is 0 Å². The molecule has 2 aliphatic heterocycles. The highest BCUT2D eigenvalue weighted by Crippen LogP contribution is 2.30. The third kappa shape index (κ3) is 4.06. The molecule has 0 spiro atoms. The monoisotopic (exact) mass is 400 g/mol. The summed E-state index contributed by atoms with van der Waals surface area (Å²) >= 11 is 0. The van der Waals surface area contributed by atoms with E-state index >= 15 is 0 Å². The van der Waals surface area contributed by atoms with Gasteiger partial charge >= 0.3 is 0 Å². The first-order valence-electron chi connectivity index (χ1n) is 10.9. The summed E-state index contributed by atoms with van der Waals surface area (Å²) in [6, 6.07) is 6.00. The number of phenols is 1. The SMILES string of the molecule is CC(NC(=O)[C@@H]1CCCCN1c1nc2ccc(O)cc2o1)N1[C@H](C)CCC[C@@H]1C. The number of aromatic nitrogens is 1. The van der Waals surface area contributed by atoms with E-state index in [1.807, 2.05) is 4.90 Å². The minimum absolute atomic E-state index is 0.00263. The molecule has 0 bridgehead atoms. The number of fused-ring (bicyclic) bond motifs is 1. The Kier molecular flexibility index (Phi) is 5.67. The Morgan fingerprint density at radius 2 is 1.97 bits per heavy atom. The van der Waals surface area contributed by atoms with Crippen molar-refractivity contribution in [3.63, 3.8) is 0 Å². The average Bonchev–Trinajstić information content (AvgIpc) is 3.10. The van der Waals surface area contributed by atoms with Crippen LogP contribution >= 0.6 is 0 Å². The summed E-state index contributed by atoms with van der Waals surface area (Å²) in [5, 5.41) is 12.9. The summed E-state index contributed by atoms with van der Waals surface area (Å²) in [7, 11) is 0. The second kappa shape index (κ2) is 8.22. The first-order chi connectivity index (χ1) is 13.9. The van der Waals surface area contributed by atoms with E-state index in [0.29, 0.717) is 29.2 Å². The molecule has 1 aromatic carbocycles. The molecular formula is C22H32N4O3. The lowest BCUT2D eigenvalue weighted by Crippen LogP contribution is -2.59. The molecule has 2 fully saturated rings. The van der Waals surface area contributed by atoms with Crippen LogP contribution in [-0.4, -0.2) is 51.7 Å². The molecular weight excluding hydrogens is 368 g/mol. The molecule has 29 heavy (non-hydrogen) atoms. The van der Waals surface area contributed by atoms with E-state index in [1.54, 1.807) is 18.2 Å². The van der Waals surface area contributed by atoms with Crippen molar-refractivity contribution in [2.45, 2.75) is 83.6 Å². The van der Waals surface area contributed by atoms with Crippen molar-refractivity contribution in [2.75, 3.05) is 11.4 Å². The number of nitrogens with one attached hydrogen (secondary N) is 1. The van der Waals surface area contributed by atoms with E-state index in [4.69, 9.17) is 4.42 Å². The molecule has 0 aliphatic carbocycles. The molecule has 7 nitrogen and oxygen atoms in total. The van der Waals surface area contributed by atoms with E-state index in [9.17, 15) is 9.90 Å². The number of piperidine rings is 2. The van der Waals surface area contributed by atoms with Gasteiger partial charge in [0.1, 0.15) is 17.3 Å². The molecule has 1 amide bonds. The van der Waals surface area contributed by atoms with Crippen molar-refractivity contribution in [3.05, 3.63) is 18.2 Å². The Morgan fingerprint density at radius 1 is 1.21 bits per heavy atom. The summed E-state index contributed by atoms with van der Waals surface area (Å²) in [5.41, 5.74) is 1.22. The Hall–Kier alpha value is -2.28. The van der Waals surface area contributed by atoms with Gasteiger partial charge in [-0.1, -0.05) is 6.42 Å². The molecule has 3 heterocycles. The van der Waals surface area contributed by atoms with Crippen molar-refractivity contribution in [1.82, 2.24) is 15.2 Å². The topological polar surface area (TPSA) is 81.8 Å². The van der Waals surface area contributed by atoms with Gasteiger partial charge in [-0.2, -0.15) is 4.98 Å². The van der Waals surface area contributed by atoms with Crippen molar-refractivity contribution in [2.24, 2.45) is 0 Å². The summed E-state index contributed by atoms with van der Waals surface area (Å²) in [6.07, 6.45) is 6.41. The normalized spacial score (nSPS) is 27.1. The zero-order chi connectivity index (χ0) is 20.5. The first-order valence-corrected chi connectivity index (χ1v) is 10.9. The molecule has 4 rings (SSSR count). The van der Waals surface area contributed by atoms with Crippen molar-refractivity contribution in [1.29, 1.82) is 0 Å². The molecule has 4 atom stereocenters. The number of oxazole rings is 1. The fourth-order valence-corrected chi connectivity index (χ4v) is 5.04. The van der Waals surface area contributed by atoms with Gasteiger partial charge in [-0.05, 0) is 65.0 Å². The minimum atomic E-state index is -0.289. The van der Waals surface area contributed by atoms with Gasteiger partial charge in [0.25, 0.3) is 6.01 Å². The van der Waals surface area contributed by atoms with Gasteiger partial charge < -0.3 is 19.7 Å². The number of nitrogens with zero attached hydrogens (tertiary/aromatic N) is 3. The zero-order valence-electron chi connectivity index (χ0n) is 17.6. The number of rotatable bonds is 4. The maximum absolute atomic E-state index is 13.2. The molecule has 2 aliphatic rings. The van der Waals surface area contributed by atoms with Crippen molar-refractivity contribution < 1.29 is 14.3 Å². The van der Waals surface area contributed by atoms with E-state index in [0.717, 1.165) is 25.8 Å². The van der Waals surface area contributed by atoms with Crippen LogP contribution in [0.3, 0.4) is 0 Å². The van der Waals surface area contributed by atoms with Gasteiger partial charge in [0.15, 0.2) is 5.58 Å². The predicted molar refractivity (Wildman–Crippen MR) is 113 cm³/mol. The van der Waals surface area contributed by atoms with E-state index in [2.05, 4.69) is 36.0 Å². The first kappa shape index (κ1) is 20.0. The maximum Gasteiger partial charge on any atom is 0.299 e. The number of aromatic hydroxyl groups is 1. The van der Waals surface area contributed by atoms with Crippen LogP contribution in [0.25, 0.3) is 11.1 Å². The largest absolute Gasteiger partial charge is 0.508 e. The van der Waals surface area contributed by atoms with Gasteiger partial charge in [0, 0.05) is 24.7 Å². The van der Waals surface area contributed by atoms with E-state index in [-0.39, 0.29) is 23.9 Å². The fourth-order valence-electron chi connectivity index (χ4n) is 5.04. The number of benzene rings is 1. The van der Waals surface area contributed by atoms with Crippen LogP contribution in [0.5, 0.6) is 5.75 Å². The van der Waals surface area contributed by atoms with Gasteiger partial charge in [-0.3, -0.25) is 9.69 Å². The number of carbonyl (C=O) groups excluding carboxylic acids is 1. The number of hydrogen-bond donors (Lipinski definition) is 2. The fraction of sp³-hybridized carbons (Fsp3) is 0.636. The summed E-state index contributed by atoms with van der Waals surface area (Å²) in [4.78, 5) is 22.2. The third-order valence-electron chi connectivity index (χ3n) is 6.47. The Balaban J connectivity index is 1.51. The quantitative estimate of drug-likeness (QED) is 0.816. The number of likely N-dealkylation sites (tertiary alicyclic amines) is 1. The summed E-state index contributed by atoms with van der Waals surface area (Å²) in [5.74, 6) is 0.180. The van der Waals surface area contributed by atoms with E-state index in [1.165, 1.54) is 19.3 Å². The molecule has 2 N–H and O–H groups in total. The Bertz CT molecular complexity index is 857. The second-order valence-electron chi connectivity index (χ2n) is 8.61. The van der Waals surface area contributed by atoms with Crippen LogP contribution in [0, 0.1) is 0 Å². The lowest BCUT2D eigenvalue weighted by Gasteiger charge is -2.44. The van der Waals surface area contributed by atoms with Crippen molar-refractivity contribution >= 4 is 23.0 Å². The number of amides is 1. The molecule has 1 unspecified atom stereocenters. The highest BCUT2D eigenvalue weighted by Gasteiger charge is 2.35. The van der Waals surface area contributed by atoms with E-state index < -0.39 is 0 Å². The summed E-state index contributed by atoms with van der Waals surface area (Å²) in [6.45, 7) is 7.32. The van der Waals surface area contributed by atoms with Gasteiger partial charge in [-0.25, -0.2) is 0 Å². The number of phenolic OH excluding ortho intramolecular Hbond substituents is 1. The highest BCUT2D eigenvalue weighted by atomic mass is 16.4. The van der Waals surface area contributed by atoms with Crippen molar-refractivity contribution in [3.8, 4) is 5.75 Å². The zero-order valence-corrected chi connectivity index (χ0v) is 17.6. The molecule has 0 radical (unpaired) electrons. The number of carbonyl (C=O) groups is 1. The highest BCUT2D eigenvalue weighted by molar-refractivity contribution is 5.85. The standard InChI is InChI=1S/C22H32N4O3/c1-14-7-6-8-15(2)26(14)16(3)23-21(28)19-9-4-5-12-25(19)22-24-18-11-10-17(27)13-20(18)29-22/h10-11,13-16,19,27H,4-9,12H2,1-3H3,(H,23,28)/t14-,15+,16?,19-/m0/s1. The van der Waals surface area contributed by atoms with Crippen LogP contribution < -0.4 is 10.2 Å². The molecule has 0 saturated carbocycles. The third-order valence-corrected chi connectivity index (χ3v) is 6.47. The lowest BCUT2D eigenvalue weighted by molar-refractivity contribution is -0.125. The van der Waals surface area contributed by atoms with Crippen LogP contribution in [0.15, 0.2) is 22.6 Å². The molecule has 1 aromatic heterocycles. The minimum Gasteiger partial charge on any atom is -0.508 e. The molecule has 7 heteroatoms. The lowest BCUT2D eigenvalue weighted by atomic mass is 9.96. The molecule has 158 valence electrons. The van der Waals surface area contributed by atoms with Crippen LogP contribution in [0.1, 0.15) is 59.3 Å². The van der Waals surface area contributed by atoms with Gasteiger partial charge in [0.2, 0.25) is 5.91 Å². The Morgan fingerprint density at radius 3 is 2.72 bits per heavy atom. The Labute approximate surface area is 172 Å². The molecule has 2 aromatic rings. The maximum atomic E-state index is 13.2. The second-order valence-corrected chi connectivity index (χ2v) is 8.61. The molecule has 2 saturated heterocycles. The number of anilines is 1. The van der Waals surface area contributed by atoms with Gasteiger partial charge in [0.05, 0.1) is 6.17 Å².